The first-order valence-electron chi connectivity index (χ1n) is 5.96. The summed E-state index contributed by atoms with van der Waals surface area (Å²) in [4.78, 5) is 0. The van der Waals surface area contributed by atoms with Crippen molar-refractivity contribution in [2.75, 3.05) is 0 Å². The number of aliphatic hydroxyl groups is 1. The molecule has 5 heteroatoms. The van der Waals surface area contributed by atoms with Crippen molar-refractivity contribution in [2.24, 2.45) is 0 Å². The normalized spacial score (nSPS) is 14.0. The summed E-state index contributed by atoms with van der Waals surface area (Å²) in [6.45, 7) is 0. The van der Waals surface area contributed by atoms with Gasteiger partial charge in [-0.05, 0) is 30.2 Å². The van der Waals surface area contributed by atoms with Crippen molar-refractivity contribution in [1.82, 2.24) is 0 Å². The molecule has 0 aliphatic heterocycles. The lowest BCUT2D eigenvalue weighted by atomic mass is 9.93. The second kappa shape index (κ2) is 5.80. The fourth-order valence-corrected chi connectivity index (χ4v) is 1.81. The van der Waals surface area contributed by atoms with E-state index in [0.717, 1.165) is 12.1 Å². The van der Waals surface area contributed by atoms with Crippen LogP contribution in [0.4, 0.5) is 13.2 Å². The highest BCUT2D eigenvalue weighted by atomic mass is 35.5. The van der Waals surface area contributed by atoms with E-state index in [9.17, 15) is 18.3 Å². The molecule has 1 atom stereocenters. The third kappa shape index (κ3) is 3.38. The SMILES string of the molecule is OC(C#Cc1ccccc1)(c1ccc(Cl)cc1)C(F)(F)F. The van der Waals surface area contributed by atoms with Gasteiger partial charge in [-0.1, -0.05) is 47.9 Å². The first kappa shape index (κ1) is 15.4. The summed E-state index contributed by atoms with van der Waals surface area (Å²) >= 11 is 5.65. The van der Waals surface area contributed by atoms with Crippen molar-refractivity contribution in [2.45, 2.75) is 11.8 Å². The Morgan fingerprint density at radius 1 is 0.905 bits per heavy atom. The molecule has 2 aromatic rings. The van der Waals surface area contributed by atoms with E-state index in [4.69, 9.17) is 11.6 Å². The molecule has 0 fully saturated rings. The quantitative estimate of drug-likeness (QED) is 0.785. The van der Waals surface area contributed by atoms with Crippen LogP contribution in [-0.2, 0) is 5.60 Å². The molecule has 1 nitrogen and oxygen atoms in total. The average Bonchev–Trinajstić information content (AvgIpc) is 2.45. The Bertz CT molecular complexity index is 669. The molecular formula is C16H10ClF3O. The van der Waals surface area contributed by atoms with Crippen LogP contribution in [0.3, 0.4) is 0 Å². The number of hydrogen-bond donors (Lipinski definition) is 1. The monoisotopic (exact) mass is 310 g/mol. The van der Waals surface area contributed by atoms with Crippen LogP contribution in [0, 0.1) is 11.8 Å². The average molecular weight is 311 g/mol. The van der Waals surface area contributed by atoms with Gasteiger partial charge in [-0.2, -0.15) is 13.2 Å². The van der Waals surface area contributed by atoms with E-state index >= 15 is 0 Å². The molecule has 0 saturated carbocycles. The maximum atomic E-state index is 13.2. The molecule has 0 saturated heterocycles. The molecule has 0 spiro atoms. The number of rotatable bonds is 1. The Morgan fingerprint density at radius 3 is 2.00 bits per heavy atom. The zero-order chi connectivity index (χ0) is 15.5. The second-order valence-corrected chi connectivity index (χ2v) is 4.77. The molecule has 0 radical (unpaired) electrons. The van der Waals surface area contributed by atoms with Crippen LogP contribution in [0.5, 0.6) is 0 Å². The first-order valence-corrected chi connectivity index (χ1v) is 6.34. The maximum absolute atomic E-state index is 13.2. The summed E-state index contributed by atoms with van der Waals surface area (Å²) in [7, 11) is 0. The van der Waals surface area contributed by atoms with Gasteiger partial charge in [0.25, 0.3) is 0 Å². The van der Waals surface area contributed by atoms with Gasteiger partial charge in [0.2, 0.25) is 5.60 Å². The van der Waals surface area contributed by atoms with E-state index in [-0.39, 0.29) is 10.6 Å². The Balaban J connectivity index is 2.49. The first-order chi connectivity index (χ1) is 9.83. The third-order valence-corrected chi connectivity index (χ3v) is 3.09. The molecule has 108 valence electrons. The lowest BCUT2D eigenvalue weighted by Crippen LogP contribution is -2.41. The Hall–Kier alpha value is -1.96. The maximum Gasteiger partial charge on any atom is 0.433 e. The van der Waals surface area contributed by atoms with Gasteiger partial charge in [-0.3, -0.25) is 0 Å². The molecule has 1 N–H and O–H groups in total. The molecule has 1 unspecified atom stereocenters. The van der Waals surface area contributed by atoms with Crippen LogP contribution in [0.1, 0.15) is 11.1 Å². The molecule has 0 bridgehead atoms. The molecule has 2 aromatic carbocycles. The lowest BCUT2D eigenvalue weighted by molar-refractivity contribution is -0.240. The lowest BCUT2D eigenvalue weighted by Gasteiger charge is -2.25. The van der Waals surface area contributed by atoms with E-state index in [1.807, 2.05) is 5.92 Å². The number of halogens is 4. The molecule has 21 heavy (non-hydrogen) atoms. The van der Waals surface area contributed by atoms with E-state index < -0.39 is 11.8 Å². The molecule has 0 aliphatic rings. The summed E-state index contributed by atoms with van der Waals surface area (Å²) in [5.74, 6) is 4.28. The van der Waals surface area contributed by atoms with E-state index in [1.54, 1.807) is 30.3 Å². The van der Waals surface area contributed by atoms with Gasteiger partial charge in [0, 0.05) is 16.1 Å². The second-order valence-electron chi connectivity index (χ2n) is 4.33. The van der Waals surface area contributed by atoms with E-state index in [2.05, 4.69) is 5.92 Å². The summed E-state index contributed by atoms with van der Waals surface area (Å²) in [6.07, 6.45) is -4.93. The predicted molar refractivity (Wildman–Crippen MR) is 74.7 cm³/mol. The van der Waals surface area contributed by atoms with E-state index in [1.165, 1.54) is 12.1 Å². The summed E-state index contributed by atoms with van der Waals surface area (Å²) in [5, 5.41) is 10.3. The van der Waals surface area contributed by atoms with Crippen LogP contribution in [-0.4, -0.2) is 11.3 Å². The van der Waals surface area contributed by atoms with Crippen molar-refractivity contribution < 1.29 is 18.3 Å². The Kier molecular flexibility index (Phi) is 4.26. The van der Waals surface area contributed by atoms with Crippen molar-refractivity contribution >= 4 is 11.6 Å². The van der Waals surface area contributed by atoms with Crippen LogP contribution < -0.4 is 0 Å². The molecule has 2 rings (SSSR count). The van der Waals surface area contributed by atoms with Gasteiger partial charge < -0.3 is 5.11 Å². The number of hydrogen-bond acceptors (Lipinski definition) is 1. The fourth-order valence-electron chi connectivity index (χ4n) is 1.68. The molecular weight excluding hydrogens is 301 g/mol. The highest BCUT2D eigenvalue weighted by molar-refractivity contribution is 6.30. The van der Waals surface area contributed by atoms with Crippen LogP contribution >= 0.6 is 11.6 Å². The van der Waals surface area contributed by atoms with Crippen LogP contribution in [0.25, 0.3) is 0 Å². The molecule has 0 amide bonds. The van der Waals surface area contributed by atoms with Gasteiger partial charge in [-0.25, -0.2) is 0 Å². The summed E-state index contributed by atoms with van der Waals surface area (Å²) in [6, 6.07) is 12.9. The van der Waals surface area contributed by atoms with Crippen molar-refractivity contribution in [3.63, 3.8) is 0 Å². The molecule has 0 heterocycles. The number of benzene rings is 2. The highest BCUT2D eigenvalue weighted by Crippen LogP contribution is 2.38. The molecule has 0 aromatic heterocycles. The zero-order valence-corrected chi connectivity index (χ0v) is 11.4. The van der Waals surface area contributed by atoms with Crippen molar-refractivity contribution in [3.8, 4) is 11.8 Å². The minimum atomic E-state index is -4.93. The third-order valence-electron chi connectivity index (χ3n) is 2.83. The number of alkyl halides is 3. The van der Waals surface area contributed by atoms with Gasteiger partial charge in [-0.15, -0.1) is 0 Å². The highest BCUT2D eigenvalue weighted by Gasteiger charge is 2.54. The zero-order valence-electron chi connectivity index (χ0n) is 10.7. The summed E-state index contributed by atoms with van der Waals surface area (Å²) in [5.41, 5.74) is -3.23. The fraction of sp³-hybridized carbons (Fsp3) is 0.125. The molecule has 0 aliphatic carbocycles. The standard InChI is InChI=1S/C16H10ClF3O/c17-14-8-6-13(7-9-14)15(21,16(18,19)20)11-10-12-4-2-1-3-5-12/h1-9,21H. The largest absolute Gasteiger partial charge is 0.433 e. The minimum Gasteiger partial charge on any atom is -0.366 e. The van der Waals surface area contributed by atoms with Crippen LogP contribution in [0.2, 0.25) is 5.02 Å². The van der Waals surface area contributed by atoms with Crippen LogP contribution in [0.15, 0.2) is 54.6 Å². The van der Waals surface area contributed by atoms with Crippen molar-refractivity contribution in [1.29, 1.82) is 0 Å². The summed E-state index contributed by atoms with van der Waals surface area (Å²) < 4.78 is 39.6. The minimum absolute atomic E-state index is 0.277. The predicted octanol–water partition coefficient (Wildman–Crippen LogP) is 4.14. The Labute approximate surface area is 125 Å². The van der Waals surface area contributed by atoms with Crippen molar-refractivity contribution in [3.05, 3.63) is 70.7 Å². The smallest absolute Gasteiger partial charge is 0.366 e. The van der Waals surface area contributed by atoms with Gasteiger partial charge >= 0.3 is 6.18 Å². The van der Waals surface area contributed by atoms with Gasteiger partial charge in [0.15, 0.2) is 0 Å². The topological polar surface area (TPSA) is 20.2 Å². The van der Waals surface area contributed by atoms with Gasteiger partial charge in [0.05, 0.1) is 0 Å². The Morgan fingerprint density at radius 2 is 1.48 bits per heavy atom. The van der Waals surface area contributed by atoms with E-state index in [0.29, 0.717) is 5.56 Å². The van der Waals surface area contributed by atoms with Gasteiger partial charge in [0.1, 0.15) is 0 Å².